The van der Waals surface area contributed by atoms with Crippen molar-refractivity contribution in [1.29, 1.82) is 0 Å². The van der Waals surface area contributed by atoms with Crippen LogP contribution in [0.25, 0.3) is 0 Å². The predicted octanol–water partition coefficient (Wildman–Crippen LogP) is -0.365. The second-order valence-electron chi connectivity index (χ2n) is 4.74. The molecule has 0 unspecified atom stereocenters. The maximum Gasteiger partial charge on any atom is 0.326 e. The van der Waals surface area contributed by atoms with Gasteiger partial charge in [0.05, 0.1) is 0 Å². The van der Waals surface area contributed by atoms with E-state index in [9.17, 15) is 14.4 Å². The Labute approximate surface area is 98.8 Å². The summed E-state index contributed by atoms with van der Waals surface area (Å²) in [6.07, 6.45) is 3.35. The number of carboxylic acids is 1. The Hall–Kier alpha value is -1.59. The number of amides is 2. The van der Waals surface area contributed by atoms with Gasteiger partial charge in [0.25, 0.3) is 0 Å². The quantitative estimate of drug-likeness (QED) is 0.611. The van der Waals surface area contributed by atoms with Crippen LogP contribution in [0.2, 0.25) is 0 Å². The Morgan fingerprint density at radius 3 is 2.59 bits per heavy atom. The largest absolute Gasteiger partial charge is 0.480 e. The van der Waals surface area contributed by atoms with Gasteiger partial charge in [-0.3, -0.25) is 9.59 Å². The minimum absolute atomic E-state index is 0.154. The summed E-state index contributed by atoms with van der Waals surface area (Å²) in [5.41, 5.74) is 0. The molecule has 0 radical (unpaired) electrons. The third-order valence-electron chi connectivity index (χ3n) is 3.19. The fourth-order valence-electron chi connectivity index (χ4n) is 1.99. The Morgan fingerprint density at radius 2 is 2.12 bits per heavy atom. The first-order chi connectivity index (χ1) is 8.06. The molecule has 3 N–H and O–H groups in total. The van der Waals surface area contributed by atoms with Crippen molar-refractivity contribution in [3.8, 4) is 0 Å². The molecular formula is C11H16N2O4. The van der Waals surface area contributed by atoms with E-state index in [1.165, 1.54) is 0 Å². The lowest BCUT2D eigenvalue weighted by molar-refractivity contribution is -0.142. The van der Waals surface area contributed by atoms with Crippen LogP contribution in [-0.2, 0) is 14.4 Å². The van der Waals surface area contributed by atoms with Gasteiger partial charge in [0.1, 0.15) is 12.1 Å². The third kappa shape index (κ3) is 3.18. The molecule has 2 aliphatic rings. The van der Waals surface area contributed by atoms with Crippen LogP contribution >= 0.6 is 0 Å². The van der Waals surface area contributed by atoms with Crippen molar-refractivity contribution in [3.05, 3.63) is 0 Å². The lowest BCUT2D eigenvalue weighted by Gasteiger charge is -2.17. The Kier molecular flexibility index (Phi) is 3.31. The normalized spacial score (nSPS) is 25.2. The van der Waals surface area contributed by atoms with Crippen molar-refractivity contribution in [2.75, 3.05) is 0 Å². The van der Waals surface area contributed by atoms with E-state index in [0.717, 1.165) is 12.8 Å². The number of carbonyl (C=O) groups excluding carboxylic acids is 2. The molecule has 2 amide bonds. The predicted molar refractivity (Wildman–Crippen MR) is 58.1 cm³/mol. The number of carboxylic acid groups (broad SMARTS) is 1. The number of aliphatic carboxylic acids is 1. The summed E-state index contributed by atoms with van der Waals surface area (Å²) < 4.78 is 0. The zero-order valence-electron chi connectivity index (χ0n) is 9.44. The van der Waals surface area contributed by atoms with Gasteiger partial charge in [0.2, 0.25) is 11.8 Å². The van der Waals surface area contributed by atoms with Crippen molar-refractivity contribution >= 4 is 17.8 Å². The second kappa shape index (κ2) is 4.73. The molecule has 0 aromatic heterocycles. The summed E-state index contributed by atoms with van der Waals surface area (Å²) in [5, 5.41) is 14.0. The molecular weight excluding hydrogens is 224 g/mol. The van der Waals surface area contributed by atoms with E-state index in [0.29, 0.717) is 25.2 Å². The van der Waals surface area contributed by atoms with E-state index < -0.39 is 18.1 Å². The fourth-order valence-corrected chi connectivity index (χ4v) is 1.99. The van der Waals surface area contributed by atoms with Gasteiger partial charge >= 0.3 is 5.97 Å². The summed E-state index contributed by atoms with van der Waals surface area (Å²) in [5.74, 6) is -1.12. The molecule has 1 heterocycles. The molecule has 1 aliphatic carbocycles. The van der Waals surface area contributed by atoms with Crippen LogP contribution in [0.4, 0.5) is 0 Å². The highest BCUT2D eigenvalue weighted by Crippen LogP contribution is 2.33. The summed E-state index contributed by atoms with van der Waals surface area (Å²) in [4.78, 5) is 33.7. The monoisotopic (exact) mass is 240 g/mol. The van der Waals surface area contributed by atoms with Crippen molar-refractivity contribution in [3.63, 3.8) is 0 Å². The molecule has 2 rings (SSSR count). The second-order valence-corrected chi connectivity index (χ2v) is 4.74. The van der Waals surface area contributed by atoms with Gasteiger partial charge in [0, 0.05) is 6.42 Å². The van der Waals surface area contributed by atoms with E-state index in [4.69, 9.17) is 5.11 Å². The molecule has 17 heavy (non-hydrogen) atoms. The van der Waals surface area contributed by atoms with E-state index in [1.807, 2.05) is 0 Å². The molecule has 0 spiro atoms. The van der Waals surface area contributed by atoms with Gasteiger partial charge < -0.3 is 15.7 Å². The van der Waals surface area contributed by atoms with Gasteiger partial charge in [-0.25, -0.2) is 4.79 Å². The molecule has 1 saturated carbocycles. The number of rotatable bonds is 5. The molecule has 2 atom stereocenters. The van der Waals surface area contributed by atoms with E-state index in [-0.39, 0.29) is 11.8 Å². The maximum atomic E-state index is 11.7. The number of hydrogen-bond donors (Lipinski definition) is 3. The van der Waals surface area contributed by atoms with Gasteiger partial charge in [-0.15, -0.1) is 0 Å². The standard InChI is InChI=1S/C11H16N2O4/c14-9-4-3-7(12-9)10(15)13-8(11(16)17)5-6-1-2-6/h6-8H,1-5H2,(H,12,14)(H,13,15)(H,16,17)/t7-,8+/m1/s1. The number of carbonyl (C=O) groups is 3. The lowest BCUT2D eigenvalue weighted by Crippen LogP contribution is -2.48. The van der Waals surface area contributed by atoms with Crippen LogP contribution in [0, 0.1) is 5.92 Å². The molecule has 0 bridgehead atoms. The number of nitrogens with one attached hydrogen (secondary N) is 2. The van der Waals surface area contributed by atoms with Gasteiger partial charge in [-0.1, -0.05) is 12.8 Å². The molecule has 0 aromatic carbocycles. The molecule has 6 heteroatoms. The highest BCUT2D eigenvalue weighted by molar-refractivity contribution is 5.92. The van der Waals surface area contributed by atoms with Crippen molar-refractivity contribution in [2.24, 2.45) is 5.92 Å². The third-order valence-corrected chi connectivity index (χ3v) is 3.19. The molecule has 6 nitrogen and oxygen atoms in total. The smallest absolute Gasteiger partial charge is 0.326 e. The first-order valence-electron chi connectivity index (χ1n) is 5.89. The van der Waals surface area contributed by atoms with Crippen molar-refractivity contribution in [1.82, 2.24) is 10.6 Å². The average Bonchev–Trinajstić information content (AvgIpc) is 2.97. The number of hydrogen-bond acceptors (Lipinski definition) is 3. The zero-order chi connectivity index (χ0) is 12.4. The van der Waals surface area contributed by atoms with Crippen LogP contribution in [-0.4, -0.2) is 35.0 Å². The highest BCUT2D eigenvalue weighted by Gasteiger charge is 2.33. The van der Waals surface area contributed by atoms with Crippen molar-refractivity contribution in [2.45, 2.75) is 44.2 Å². The summed E-state index contributed by atoms with van der Waals surface area (Å²) in [6, 6.07) is -1.39. The first kappa shape index (κ1) is 11.9. The zero-order valence-corrected chi connectivity index (χ0v) is 9.44. The highest BCUT2D eigenvalue weighted by atomic mass is 16.4. The van der Waals surface area contributed by atoms with E-state index >= 15 is 0 Å². The van der Waals surface area contributed by atoms with Crippen LogP contribution < -0.4 is 10.6 Å². The minimum Gasteiger partial charge on any atom is -0.480 e. The topological polar surface area (TPSA) is 95.5 Å². The summed E-state index contributed by atoms with van der Waals surface area (Å²) >= 11 is 0. The Morgan fingerprint density at radius 1 is 1.41 bits per heavy atom. The van der Waals surface area contributed by atoms with E-state index in [2.05, 4.69) is 10.6 Å². The van der Waals surface area contributed by atoms with Crippen LogP contribution in [0.5, 0.6) is 0 Å². The first-order valence-corrected chi connectivity index (χ1v) is 5.89. The van der Waals surface area contributed by atoms with Gasteiger partial charge in [-0.2, -0.15) is 0 Å². The fraction of sp³-hybridized carbons (Fsp3) is 0.727. The molecule has 0 aromatic rings. The van der Waals surface area contributed by atoms with E-state index in [1.54, 1.807) is 0 Å². The van der Waals surface area contributed by atoms with Crippen LogP contribution in [0.1, 0.15) is 32.1 Å². The maximum absolute atomic E-state index is 11.7. The molecule has 94 valence electrons. The average molecular weight is 240 g/mol. The molecule has 1 aliphatic heterocycles. The van der Waals surface area contributed by atoms with Gasteiger partial charge in [-0.05, 0) is 18.8 Å². The Balaban J connectivity index is 1.85. The minimum atomic E-state index is -1.01. The summed E-state index contributed by atoms with van der Waals surface area (Å²) in [7, 11) is 0. The van der Waals surface area contributed by atoms with Crippen molar-refractivity contribution < 1.29 is 19.5 Å². The van der Waals surface area contributed by atoms with Crippen LogP contribution in [0.3, 0.4) is 0 Å². The van der Waals surface area contributed by atoms with Gasteiger partial charge in [0.15, 0.2) is 0 Å². The molecule has 2 fully saturated rings. The Bertz CT molecular complexity index is 351. The lowest BCUT2D eigenvalue weighted by atomic mass is 10.1. The van der Waals surface area contributed by atoms with Crippen LogP contribution in [0.15, 0.2) is 0 Å². The SMILES string of the molecule is O=C1CC[C@H](C(=O)N[C@@H](CC2CC2)C(=O)O)N1. The summed E-state index contributed by atoms with van der Waals surface area (Å²) in [6.45, 7) is 0. The molecule has 1 saturated heterocycles.